The van der Waals surface area contributed by atoms with Crippen molar-refractivity contribution in [2.45, 2.75) is 167 Å². The maximum absolute atomic E-state index is 10.1. The quantitative estimate of drug-likeness (QED) is 0.0453. The van der Waals surface area contributed by atoms with E-state index in [9.17, 15) is 57.5 Å². The van der Waals surface area contributed by atoms with E-state index in [0.717, 1.165) is 0 Å². The lowest BCUT2D eigenvalue weighted by Gasteiger charge is -2.07. The average molecular weight is 1110 g/mol. The third-order valence-electron chi connectivity index (χ3n) is 7.43. The van der Waals surface area contributed by atoms with Gasteiger partial charge < -0.3 is 124 Å². The first-order valence-corrected chi connectivity index (χ1v) is 21.5. The van der Waals surface area contributed by atoms with E-state index in [2.05, 4.69) is 0 Å². The highest BCUT2D eigenvalue weighted by Crippen LogP contribution is 2.02. The lowest BCUT2D eigenvalue weighted by molar-refractivity contribution is -0.141. The van der Waals surface area contributed by atoms with Crippen molar-refractivity contribution >= 4 is 71.6 Å². The lowest BCUT2D eigenvalue weighted by Crippen LogP contribution is -2.39. The second kappa shape index (κ2) is 52.1. The molecule has 444 valence electrons. The summed E-state index contributed by atoms with van der Waals surface area (Å²) in [5, 5.41) is 106. The van der Waals surface area contributed by atoms with Crippen LogP contribution in [0.3, 0.4) is 0 Å². The Morgan fingerprint density at radius 2 is 0.547 bits per heavy atom. The zero-order valence-electron chi connectivity index (χ0n) is 42.9. The number of aliphatic hydroxyl groups is 2. The highest BCUT2D eigenvalue weighted by Gasteiger charge is 2.18. The number of aliphatic hydroxyl groups excluding tert-OH is 2. The molecule has 35 heteroatoms. The molecular weight excluding hydrogens is 1020 g/mol. The largest absolute Gasteiger partial charge is 0.481 e. The minimum Gasteiger partial charge on any atom is -0.481 e. The molecule has 11 atom stereocenters. The molecule has 0 aromatic rings. The maximum atomic E-state index is 10.1. The van der Waals surface area contributed by atoms with Gasteiger partial charge in [-0.1, -0.05) is 27.7 Å². The fourth-order valence-electron chi connectivity index (χ4n) is 2.53. The number of carboxylic acids is 11. The first-order chi connectivity index (χ1) is 33.6. The topological polar surface area (TPSA) is 728 Å². The number of aliphatic carboxylic acids is 11. The summed E-state index contributed by atoms with van der Waals surface area (Å²) in [4.78, 5) is 119. The third kappa shape index (κ3) is 78.8. The van der Waals surface area contributed by atoms with Crippen molar-refractivity contribution in [2.24, 2.45) is 69.2 Å². The van der Waals surface area contributed by atoms with Gasteiger partial charge in [-0.05, 0) is 65.2 Å². The summed E-state index contributed by atoms with van der Waals surface area (Å²) in [7, 11) is 0. The molecule has 35 nitrogen and oxygen atoms in total. The van der Waals surface area contributed by atoms with Crippen molar-refractivity contribution in [1.82, 2.24) is 0 Å². The van der Waals surface area contributed by atoms with E-state index in [1.165, 1.54) is 27.7 Å². The van der Waals surface area contributed by atoms with Crippen molar-refractivity contribution < 1.29 is 124 Å². The van der Waals surface area contributed by atoms with Gasteiger partial charge in [-0.2, -0.15) is 0 Å². The summed E-state index contributed by atoms with van der Waals surface area (Å²) in [6.07, 6.45) is -1.73. The Balaban J connectivity index is -0.0000000938. The van der Waals surface area contributed by atoms with Gasteiger partial charge in [0, 0.05) is 19.3 Å². The second-order valence-corrected chi connectivity index (χ2v) is 15.8. The molecular formula is C40H84N10O25. The third-order valence-corrected chi connectivity index (χ3v) is 7.43. The SMILES string of the molecule is CC(C)C[C@H](N)C(=O)O.CC(C)[C@H](N)C(=O)O.C[C@@H](O)[C@H](N)C(=O)O.C[C@@H](O)[C@H](N)C(=O)O.C[C@H](N)C(=O)O.C[C@H](N)C(=O)O.NC(=O)CC[C@H](N)C(=O)O.N[C@@H](CCC(=O)O)C(=O)O.N[C@@H](CCC(=O)O)C(=O)O. The van der Waals surface area contributed by atoms with Crippen LogP contribution in [0, 0.1) is 11.8 Å². The van der Waals surface area contributed by atoms with Gasteiger partial charge in [-0.3, -0.25) is 57.5 Å². The Morgan fingerprint density at radius 3 is 0.627 bits per heavy atom. The van der Waals surface area contributed by atoms with Gasteiger partial charge in [0.25, 0.3) is 0 Å². The molecule has 0 unspecified atom stereocenters. The number of carbonyl (C=O) groups is 12. The Hall–Kier alpha value is -6.80. The van der Waals surface area contributed by atoms with Crippen molar-refractivity contribution in [2.75, 3.05) is 0 Å². The van der Waals surface area contributed by atoms with E-state index in [4.69, 9.17) is 124 Å². The molecule has 33 N–H and O–H groups in total. The van der Waals surface area contributed by atoms with Gasteiger partial charge in [0.15, 0.2) is 0 Å². The van der Waals surface area contributed by atoms with Crippen molar-refractivity contribution in [3.8, 4) is 0 Å². The zero-order valence-corrected chi connectivity index (χ0v) is 42.9. The fraction of sp³-hybridized carbons (Fsp3) is 0.700. The molecule has 0 spiro atoms. The molecule has 75 heavy (non-hydrogen) atoms. The van der Waals surface area contributed by atoms with E-state index >= 15 is 0 Å². The molecule has 0 aromatic carbocycles. The number of carbonyl (C=O) groups excluding carboxylic acids is 1. The number of rotatable bonds is 23. The van der Waals surface area contributed by atoms with Gasteiger partial charge in [0.1, 0.15) is 54.4 Å². The van der Waals surface area contributed by atoms with E-state index in [1.807, 2.05) is 13.8 Å². The number of hydrogen-bond acceptors (Lipinski definition) is 23. The van der Waals surface area contributed by atoms with E-state index < -0.39 is 138 Å². The number of hydrogen-bond donors (Lipinski definition) is 23. The van der Waals surface area contributed by atoms with Crippen LogP contribution in [-0.2, 0) is 57.5 Å². The molecule has 0 rings (SSSR count). The molecule has 0 aliphatic carbocycles. The summed E-state index contributed by atoms with van der Waals surface area (Å²) in [5.74, 6) is -11.8. The number of carboxylic acid groups (broad SMARTS) is 11. The number of nitrogens with two attached hydrogens (primary N) is 10. The Bertz CT molecular complexity index is 1510. The average Bonchev–Trinajstić information content (AvgIpc) is 3.26. The predicted octanol–water partition coefficient (Wildman–Crippen LogP) is -5.92. The van der Waals surface area contributed by atoms with Crippen LogP contribution >= 0.6 is 0 Å². The molecule has 0 heterocycles. The molecule has 0 saturated carbocycles. The van der Waals surface area contributed by atoms with Gasteiger partial charge in [0.2, 0.25) is 5.91 Å². The smallest absolute Gasteiger partial charge is 0.323 e. The molecule has 0 aliphatic rings. The van der Waals surface area contributed by atoms with Crippen LogP contribution < -0.4 is 57.3 Å². The van der Waals surface area contributed by atoms with Crippen LogP contribution in [-0.4, -0.2) is 205 Å². The standard InChI is InChI=1S/C6H13NO2.C5H10N2O3.2C5H9NO4.C5H11NO2.2C4H9NO3.2C3H7NO2/c1-4(2)3-5(7)6(8)9;3*6-3(5(9)10)1-2-4(7)8;1-3(2)4(6)5(7)8;2*1-2(6)3(5)4(7)8;2*1-2(4)3(5)6/h4-5H,3,7H2,1-2H3,(H,8,9);3H,1-2,6H2,(H2,7,8)(H,9,10);2*3H,1-2,6H2,(H,7,8)(H,9,10);3-4H,6H2,1-2H3,(H,7,8);2*2-3,6H,5H2,1H3,(H,7,8);2*2H,4H2,1H3,(H,5,6)/t5-;3*3-;4-;2*2-,3+;2*2-/m000001100/s1. The normalized spacial score (nSPS) is 14.0. The summed E-state index contributed by atoms with van der Waals surface area (Å²) in [5.41, 5.74) is 49.7. The van der Waals surface area contributed by atoms with E-state index in [1.54, 1.807) is 13.8 Å². The Morgan fingerprint density at radius 1 is 0.333 bits per heavy atom. The molecule has 0 bridgehead atoms. The predicted molar refractivity (Wildman–Crippen MR) is 262 cm³/mol. The Kier molecular flexibility index (Phi) is 61.0. The summed E-state index contributed by atoms with van der Waals surface area (Å²) in [6.45, 7) is 12.9. The molecule has 0 aliphatic heterocycles. The highest BCUT2D eigenvalue weighted by atomic mass is 16.4. The van der Waals surface area contributed by atoms with Crippen LogP contribution in [0.1, 0.15) is 100 Å². The molecule has 0 aromatic heterocycles. The van der Waals surface area contributed by atoms with Crippen molar-refractivity contribution in [3.63, 3.8) is 0 Å². The van der Waals surface area contributed by atoms with Crippen LogP contribution in [0.15, 0.2) is 0 Å². The van der Waals surface area contributed by atoms with Crippen molar-refractivity contribution in [3.05, 3.63) is 0 Å². The van der Waals surface area contributed by atoms with E-state index in [-0.39, 0.29) is 44.4 Å². The number of primary amides is 1. The fourth-order valence-corrected chi connectivity index (χ4v) is 2.53. The summed E-state index contributed by atoms with van der Waals surface area (Å²) >= 11 is 0. The minimum absolute atomic E-state index is 0.0208. The van der Waals surface area contributed by atoms with Crippen LogP contribution in [0.25, 0.3) is 0 Å². The van der Waals surface area contributed by atoms with Gasteiger partial charge >= 0.3 is 65.7 Å². The first kappa shape index (κ1) is 87.9. The molecule has 0 saturated heterocycles. The van der Waals surface area contributed by atoms with Crippen molar-refractivity contribution in [1.29, 1.82) is 0 Å². The lowest BCUT2D eigenvalue weighted by atomic mass is 10.1. The second-order valence-electron chi connectivity index (χ2n) is 15.8. The van der Waals surface area contributed by atoms with Crippen LogP contribution in [0.5, 0.6) is 0 Å². The van der Waals surface area contributed by atoms with Crippen LogP contribution in [0.2, 0.25) is 0 Å². The maximum Gasteiger partial charge on any atom is 0.323 e. The molecule has 0 fully saturated rings. The summed E-state index contributed by atoms with van der Waals surface area (Å²) < 4.78 is 0. The molecule has 1 amide bonds. The van der Waals surface area contributed by atoms with E-state index in [0.29, 0.717) is 12.3 Å². The Labute approximate surface area is 431 Å². The van der Waals surface area contributed by atoms with Gasteiger partial charge in [-0.15, -0.1) is 0 Å². The highest BCUT2D eigenvalue weighted by molar-refractivity contribution is 5.78. The summed E-state index contributed by atoms with van der Waals surface area (Å²) in [6, 6.07) is -8.28. The zero-order chi connectivity index (χ0) is 62.4. The van der Waals surface area contributed by atoms with Gasteiger partial charge in [0.05, 0.1) is 12.2 Å². The number of amides is 1. The minimum atomic E-state index is -1.18. The molecule has 0 radical (unpaired) electrons. The first-order valence-electron chi connectivity index (χ1n) is 21.5. The van der Waals surface area contributed by atoms with Crippen LogP contribution in [0.4, 0.5) is 0 Å². The monoisotopic (exact) mass is 1100 g/mol. The van der Waals surface area contributed by atoms with Gasteiger partial charge in [-0.25, -0.2) is 0 Å².